The largest absolute Gasteiger partial charge is 0.465 e. The molecule has 1 amide bonds. The van der Waals surface area contributed by atoms with Gasteiger partial charge in [-0.1, -0.05) is 18.2 Å². The van der Waals surface area contributed by atoms with Crippen molar-refractivity contribution in [3.05, 3.63) is 59.7 Å². The molecule has 8 heteroatoms. The molecule has 7 nitrogen and oxygen atoms in total. The molecule has 0 unspecified atom stereocenters. The van der Waals surface area contributed by atoms with Crippen LogP contribution in [-0.2, 0) is 25.0 Å². The number of hydrogen-bond acceptors (Lipinski definition) is 5. The Labute approximate surface area is 170 Å². The number of anilines is 2. The van der Waals surface area contributed by atoms with Gasteiger partial charge in [-0.05, 0) is 62.6 Å². The summed E-state index contributed by atoms with van der Waals surface area (Å²) in [5.41, 5.74) is 1.57. The van der Waals surface area contributed by atoms with Crippen molar-refractivity contribution >= 4 is 33.3 Å². The second-order valence-electron chi connectivity index (χ2n) is 6.92. The van der Waals surface area contributed by atoms with Gasteiger partial charge in [0.25, 0.3) is 5.91 Å². The summed E-state index contributed by atoms with van der Waals surface area (Å²) >= 11 is 0. The van der Waals surface area contributed by atoms with Gasteiger partial charge >= 0.3 is 5.97 Å². The molecule has 3 rings (SSSR count). The molecular formula is C21H24N2O5S. The van der Waals surface area contributed by atoms with Crippen LogP contribution < -0.4 is 10.0 Å². The fourth-order valence-corrected chi connectivity index (χ4v) is 3.69. The van der Waals surface area contributed by atoms with Crippen LogP contribution in [0, 0.1) is 0 Å². The normalized spacial score (nSPS) is 14.7. The summed E-state index contributed by atoms with van der Waals surface area (Å²) in [4.78, 5) is 24.7. The Kier molecular flexibility index (Phi) is 5.93. The molecule has 0 spiro atoms. The highest BCUT2D eigenvalue weighted by atomic mass is 32.2. The molecule has 2 aromatic rings. The number of benzene rings is 2. The van der Waals surface area contributed by atoms with Crippen LogP contribution in [0.1, 0.15) is 42.6 Å². The van der Waals surface area contributed by atoms with Gasteiger partial charge in [-0.15, -0.1) is 0 Å². The molecule has 29 heavy (non-hydrogen) atoms. The second-order valence-corrected chi connectivity index (χ2v) is 8.93. The summed E-state index contributed by atoms with van der Waals surface area (Å²) in [5, 5.41) is 2.78. The molecular weight excluding hydrogens is 392 g/mol. The molecule has 0 aliphatic heterocycles. The zero-order valence-electron chi connectivity index (χ0n) is 16.4. The van der Waals surface area contributed by atoms with Crippen LogP contribution in [0.3, 0.4) is 0 Å². The van der Waals surface area contributed by atoms with Crippen LogP contribution in [0.5, 0.6) is 0 Å². The van der Waals surface area contributed by atoms with E-state index in [-0.39, 0.29) is 17.6 Å². The molecule has 154 valence electrons. The van der Waals surface area contributed by atoms with Crippen molar-refractivity contribution in [3.8, 4) is 0 Å². The second kappa shape index (κ2) is 8.24. The lowest BCUT2D eigenvalue weighted by Gasteiger charge is -2.15. The van der Waals surface area contributed by atoms with Crippen molar-refractivity contribution in [1.29, 1.82) is 0 Å². The third-order valence-electron chi connectivity index (χ3n) is 4.89. The predicted octanol–water partition coefficient (Wildman–Crippen LogP) is 3.30. The number of amides is 1. The number of hydrogen-bond donors (Lipinski definition) is 2. The van der Waals surface area contributed by atoms with E-state index in [1.54, 1.807) is 37.3 Å². The Morgan fingerprint density at radius 2 is 1.72 bits per heavy atom. The first-order valence-electron chi connectivity index (χ1n) is 9.49. The zero-order chi connectivity index (χ0) is 21.1. The first-order chi connectivity index (χ1) is 13.8. The third kappa shape index (κ3) is 4.76. The van der Waals surface area contributed by atoms with Gasteiger partial charge in [0, 0.05) is 16.9 Å². The van der Waals surface area contributed by atoms with Crippen LogP contribution >= 0.6 is 0 Å². The van der Waals surface area contributed by atoms with E-state index in [1.807, 2.05) is 12.1 Å². The lowest BCUT2D eigenvalue weighted by atomic mass is 9.96. The van der Waals surface area contributed by atoms with Crippen LogP contribution in [-0.4, -0.2) is 32.7 Å². The van der Waals surface area contributed by atoms with E-state index in [0.29, 0.717) is 23.5 Å². The molecule has 0 atom stereocenters. The highest BCUT2D eigenvalue weighted by molar-refractivity contribution is 7.92. The number of rotatable bonds is 8. The SMILES string of the molecule is CCOC(=O)C1(c2ccc(NC(=O)c3cccc(NS(=O)(=O)CC)c3)cc2)CC1. The van der Waals surface area contributed by atoms with Crippen molar-refractivity contribution in [3.63, 3.8) is 0 Å². The van der Waals surface area contributed by atoms with Gasteiger partial charge in [0.1, 0.15) is 0 Å². The molecule has 1 aliphatic carbocycles. The van der Waals surface area contributed by atoms with E-state index in [4.69, 9.17) is 4.74 Å². The van der Waals surface area contributed by atoms with Gasteiger partial charge in [-0.3, -0.25) is 14.3 Å². The maximum absolute atomic E-state index is 12.5. The Morgan fingerprint density at radius 3 is 2.31 bits per heavy atom. The van der Waals surface area contributed by atoms with Gasteiger partial charge in [0.05, 0.1) is 17.8 Å². The standard InChI is InChI=1S/C21H24N2O5S/c1-3-28-20(25)21(12-13-21)16-8-10-17(11-9-16)22-19(24)15-6-5-7-18(14-15)23-29(26,27)4-2/h5-11,14,23H,3-4,12-13H2,1-2H3,(H,22,24). The maximum Gasteiger partial charge on any atom is 0.316 e. The minimum Gasteiger partial charge on any atom is -0.465 e. The van der Waals surface area contributed by atoms with E-state index >= 15 is 0 Å². The molecule has 0 radical (unpaired) electrons. The predicted molar refractivity (Wildman–Crippen MR) is 111 cm³/mol. The van der Waals surface area contributed by atoms with Crippen molar-refractivity contribution in [2.45, 2.75) is 32.1 Å². The van der Waals surface area contributed by atoms with Crippen LogP contribution in [0.2, 0.25) is 0 Å². The number of carbonyl (C=O) groups is 2. The summed E-state index contributed by atoms with van der Waals surface area (Å²) in [6, 6.07) is 13.4. The molecule has 1 saturated carbocycles. The van der Waals surface area contributed by atoms with Crippen LogP contribution in [0.25, 0.3) is 0 Å². The highest BCUT2D eigenvalue weighted by Gasteiger charge is 2.52. The lowest BCUT2D eigenvalue weighted by Crippen LogP contribution is -2.23. The Balaban J connectivity index is 1.69. The molecule has 0 heterocycles. The third-order valence-corrected chi connectivity index (χ3v) is 6.20. The topological polar surface area (TPSA) is 102 Å². The minimum atomic E-state index is -3.42. The van der Waals surface area contributed by atoms with Gasteiger partial charge in [0.15, 0.2) is 0 Å². The number of sulfonamides is 1. The summed E-state index contributed by atoms with van der Waals surface area (Å²) in [6.45, 7) is 3.67. The summed E-state index contributed by atoms with van der Waals surface area (Å²) in [6.07, 6.45) is 1.52. The fraction of sp³-hybridized carbons (Fsp3) is 0.333. The first kappa shape index (κ1) is 20.9. The summed E-state index contributed by atoms with van der Waals surface area (Å²) in [5.74, 6) is -0.617. The van der Waals surface area contributed by atoms with Crippen molar-refractivity contribution in [2.24, 2.45) is 0 Å². The molecule has 1 fully saturated rings. The van der Waals surface area contributed by atoms with E-state index in [2.05, 4.69) is 10.0 Å². The van der Waals surface area contributed by atoms with E-state index in [0.717, 1.165) is 18.4 Å². The first-order valence-corrected chi connectivity index (χ1v) is 11.1. The quantitative estimate of drug-likeness (QED) is 0.643. The summed E-state index contributed by atoms with van der Waals surface area (Å²) < 4.78 is 31.0. The smallest absolute Gasteiger partial charge is 0.316 e. The van der Waals surface area contributed by atoms with Crippen molar-refractivity contribution in [1.82, 2.24) is 0 Å². The zero-order valence-corrected chi connectivity index (χ0v) is 17.2. The number of esters is 1. The van der Waals surface area contributed by atoms with E-state index < -0.39 is 15.4 Å². The molecule has 0 aromatic heterocycles. The summed E-state index contributed by atoms with van der Waals surface area (Å²) in [7, 11) is -3.42. The van der Waals surface area contributed by atoms with Gasteiger partial charge in [-0.25, -0.2) is 8.42 Å². The molecule has 2 aromatic carbocycles. The highest BCUT2D eigenvalue weighted by Crippen LogP contribution is 2.49. The monoisotopic (exact) mass is 416 g/mol. The molecule has 0 saturated heterocycles. The average Bonchev–Trinajstić information content (AvgIpc) is 3.51. The minimum absolute atomic E-state index is 0.0525. The number of nitrogens with one attached hydrogen (secondary N) is 2. The molecule has 2 N–H and O–H groups in total. The Bertz CT molecular complexity index is 1010. The van der Waals surface area contributed by atoms with Gasteiger partial charge < -0.3 is 10.1 Å². The van der Waals surface area contributed by atoms with Crippen LogP contribution in [0.15, 0.2) is 48.5 Å². The van der Waals surface area contributed by atoms with E-state index in [9.17, 15) is 18.0 Å². The fourth-order valence-electron chi connectivity index (χ4n) is 3.06. The van der Waals surface area contributed by atoms with E-state index in [1.165, 1.54) is 13.0 Å². The van der Waals surface area contributed by atoms with Gasteiger partial charge in [0.2, 0.25) is 10.0 Å². The van der Waals surface area contributed by atoms with Crippen molar-refractivity contribution in [2.75, 3.05) is 22.4 Å². The number of ether oxygens (including phenoxy) is 1. The Hall–Kier alpha value is -2.87. The van der Waals surface area contributed by atoms with Crippen LogP contribution in [0.4, 0.5) is 11.4 Å². The number of carbonyl (C=O) groups excluding carboxylic acids is 2. The maximum atomic E-state index is 12.5. The van der Waals surface area contributed by atoms with Gasteiger partial charge in [-0.2, -0.15) is 0 Å². The average molecular weight is 416 g/mol. The molecule has 1 aliphatic rings. The lowest BCUT2D eigenvalue weighted by molar-refractivity contribution is -0.146. The molecule has 0 bridgehead atoms. The Morgan fingerprint density at radius 1 is 1.03 bits per heavy atom. The van der Waals surface area contributed by atoms with Crippen molar-refractivity contribution < 1.29 is 22.7 Å².